The highest BCUT2D eigenvalue weighted by Crippen LogP contribution is 2.30. The zero-order valence-electron chi connectivity index (χ0n) is 33.0. The van der Waals surface area contributed by atoms with Gasteiger partial charge in [-0.1, -0.05) is 89.0 Å². The van der Waals surface area contributed by atoms with Crippen LogP contribution in [0.5, 0.6) is 0 Å². The number of oxazole rings is 1. The number of hydrogen-bond acceptors (Lipinski definition) is 11. The summed E-state index contributed by atoms with van der Waals surface area (Å²) < 4.78 is 64.6. The van der Waals surface area contributed by atoms with E-state index in [1.165, 1.54) is 64.7 Å². The lowest BCUT2D eigenvalue weighted by atomic mass is 9.87. The van der Waals surface area contributed by atoms with Crippen LogP contribution in [0.4, 0.5) is 11.4 Å². The molecule has 0 amide bonds. The number of benzene rings is 2. The van der Waals surface area contributed by atoms with Gasteiger partial charge in [-0.3, -0.25) is 9.44 Å². The van der Waals surface area contributed by atoms with Crippen molar-refractivity contribution in [3.05, 3.63) is 137 Å². The van der Waals surface area contributed by atoms with Crippen LogP contribution in [0, 0.1) is 0 Å². The largest absolute Gasteiger partial charge is 0.478 e. The maximum Gasteiger partial charge on any atom is 0.338 e. The lowest BCUT2D eigenvalue weighted by Crippen LogP contribution is -2.16. The van der Waals surface area contributed by atoms with Crippen LogP contribution in [0.2, 0.25) is 10.0 Å². The van der Waals surface area contributed by atoms with Crippen LogP contribution in [0.15, 0.2) is 125 Å². The van der Waals surface area contributed by atoms with Gasteiger partial charge in [0.05, 0.1) is 60.9 Å². The van der Waals surface area contributed by atoms with E-state index in [2.05, 4.69) is 55.4 Å². The Bertz CT molecular complexity index is 2870. The zero-order valence-corrected chi connectivity index (χ0v) is 36.1. The summed E-state index contributed by atoms with van der Waals surface area (Å²) >= 11 is 12.1. The molecule has 7 aromatic rings. The van der Waals surface area contributed by atoms with Crippen LogP contribution in [0.1, 0.15) is 63.0 Å². The fourth-order valence-electron chi connectivity index (χ4n) is 5.52. The van der Waals surface area contributed by atoms with E-state index < -0.39 is 26.0 Å². The Kier molecular flexibility index (Phi) is 12.2. The Morgan fingerprint density at radius 2 is 1.12 bits per heavy atom. The summed E-state index contributed by atoms with van der Waals surface area (Å²) in [4.78, 5) is 23.7. The molecule has 0 bridgehead atoms. The van der Waals surface area contributed by atoms with E-state index >= 15 is 0 Å². The molecule has 20 heteroatoms. The summed E-state index contributed by atoms with van der Waals surface area (Å²) in [5, 5.41) is 17.7. The zero-order chi connectivity index (χ0) is 43.6. The van der Waals surface area contributed by atoms with Crippen LogP contribution >= 0.6 is 23.2 Å². The van der Waals surface area contributed by atoms with E-state index in [1.54, 1.807) is 36.7 Å². The quantitative estimate of drug-likeness (QED) is 0.118. The maximum absolute atomic E-state index is 13.0. The Labute approximate surface area is 356 Å². The van der Waals surface area contributed by atoms with E-state index in [9.17, 15) is 21.6 Å². The van der Waals surface area contributed by atoms with Crippen LogP contribution in [0.25, 0.3) is 23.1 Å². The molecule has 2 aromatic carbocycles. The molecule has 0 radical (unpaired) electrons. The molecule has 0 aliphatic rings. The van der Waals surface area contributed by atoms with E-state index in [1.807, 2.05) is 32.9 Å². The number of aromatic carboxylic acids is 1. The molecule has 0 fully saturated rings. The van der Waals surface area contributed by atoms with Gasteiger partial charge >= 0.3 is 5.97 Å². The minimum atomic E-state index is -3.94. The van der Waals surface area contributed by atoms with Crippen molar-refractivity contribution in [2.75, 3.05) is 9.44 Å². The molecule has 5 heterocycles. The van der Waals surface area contributed by atoms with Crippen molar-refractivity contribution in [1.29, 1.82) is 0 Å². The summed E-state index contributed by atoms with van der Waals surface area (Å²) in [6.07, 6.45) is 11.3. The van der Waals surface area contributed by atoms with Crippen molar-refractivity contribution >= 4 is 60.6 Å². The summed E-state index contributed by atoms with van der Waals surface area (Å²) in [5.74, 6) is -0.415. The SMILES string of the molecule is CC(C)(C)c1ccc(S(=O)(=O)Nc2cc(Cl)cnc2-n2cc(-c3ncco3)cn2)cc1.CC(C)(C)c1ccc(S(=O)(=O)Nc2cc(Cl)cnc2-n2cc(C(=O)O)cn2)cc1. The Hall–Kier alpha value is -6.08. The number of halogens is 2. The van der Waals surface area contributed by atoms with E-state index in [-0.39, 0.29) is 59.2 Å². The minimum Gasteiger partial charge on any atom is -0.478 e. The Morgan fingerprint density at radius 3 is 1.52 bits per heavy atom. The first-order valence-electron chi connectivity index (χ1n) is 17.9. The molecule has 60 heavy (non-hydrogen) atoms. The second-order valence-corrected chi connectivity index (χ2v) is 19.5. The first-order chi connectivity index (χ1) is 28.1. The monoisotopic (exact) mass is 891 g/mol. The number of carboxylic acid groups (broad SMARTS) is 1. The lowest BCUT2D eigenvalue weighted by Gasteiger charge is -2.19. The molecule has 312 valence electrons. The third-order valence-electron chi connectivity index (χ3n) is 8.74. The standard InChI is InChI=1S/C21H20ClN5O3S.C19H19ClN4O4S/c1-21(2,3)15-4-6-17(7-5-15)31(28,29)26-18-10-16(22)12-24-19(18)27-13-14(11-25-27)20-23-8-9-30-20;1-19(2,3)13-4-6-15(7-5-13)29(27,28)23-16-8-14(20)10-21-17(16)24-11-12(9-22-24)18(25)26/h4-13,26H,1-3H3;4-11,23H,1-3H3,(H,25,26). The van der Waals surface area contributed by atoms with Crippen molar-refractivity contribution in [3.8, 4) is 23.1 Å². The van der Waals surface area contributed by atoms with Gasteiger partial charge in [-0.05, 0) is 58.4 Å². The minimum absolute atomic E-state index is 0.0617. The van der Waals surface area contributed by atoms with Crippen molar-refractivity contribution < 1.29 is 31.2 Å². The molecular weight excluding hydrogens is 854 g/mol. The average Bonchev–Trinajstić information content (AvgIpc) is 3.98. The summed E-state index contributed by atoms with van der Waals surface area (Å²) in [7, 11) is -7.82. The van der Waals surface area contributed by atoms with Crippen molar-refractivity contribution in [1.82, 2.24) is 34.5 Å². The third kappa shape index (κ3) is 10.2. The molecule has 0 atom stereocenters. The van der Waals surface area contributed by atoms with Crippen molar-refractivity contribution in [2.24, 2.45) is 0 Å². The fourth-order valence-corrected chi connectivity index (χ4v) is 7.94. The molecule has 16 nitrogen and oxygen atoms in total. The van der Waals surface area contributed by atoms with Gasteiger partial charge in [0.2, 0.25) is 5.89 Å². The average molecular weight is 893 g/mol. The molecule has 0 saturated heterocycles. The van der Waals surface area contributed by atoms with Crippen molar-refractivity contribution in [3.63, 3.8) is 0 Å². The van der Waals surface area contributed by atoms with E-state index in [4.69, 9.17) is 32.7 Å². The number of sulfonamides is 2. The Balaban J connectivity index is 0.000000202. The highest BCUT2D eigenvalue weighted by Gasteiger charge is 2.23. The first kappa shape index (κ1) is 43.5. The van der Waals surface area contributed by atoms with Crippen LogP contribution in [-0.4, -0.2) is 62.4 Å². The van der Waals surface area contributed by atoms with E-state index in [0.29, 0.717) is 11.5 Å². The smallest absolute Gasteiger partial charge is 0.338 e. The normalized spacial score (nSPS) is 12.1. The molecule has 0 unspecified atom stereocenters. The number of rotatable bonds is 10. The number of nitrogens with one attached hydrogen (secondary N) is 2. The van der Waals surface area contributed by atoms with E-state index in [0.717, 1.165) is 17.3 Å². The number of nitrogens with zero attached hydrogens (tertiary/aromatic N) is 7. The van der Waals surface area contributed by atoms with Gasteiger partial charge in [0, 0.05) is 24.8 Å². The van der Waals surface area contributed by atoms with Crippen LogP contribution in [-0.2, 0) is 30.9 Å². The predicted octanol–water partition coefficient (Wildman–Crippen LogP) is 8.39. The maximum atomic E-state index is 13.0. The van der Waals surface area contributed by atoms with Gasteiger partial charge in [0.15, 0.2) is 11.6 Å². The first-order valence-corrected chi connectivity index (χ1v) is 21.6. The highest BCUT2D eigenvalue weighted by atomic mass is 35.5. The van der Waals surface area contributed by atoms with Crippen LogP contribution < -0.4 is 9.44 Å². The molecule has 0 saturated carbocycles. The molecular formula is C40H39Cl2N9O7S2. The third-order valence-corrected chi connectivity index (χ3v) is 11.9. The lowest BCUT2D eigenvalue weighted by molar-refractivity contribution is 0.0696. The Morgan fingerprint density at radius 1 is 0.667 bits per heavy atom. The highest BCUT2D eigenvalue weighted by molar-refractivity contribution is 7.93. The summed E-state index contributed by atoms with van der Waals surface area (Å²) in [6, 6.07) is 16.2. The fraction of sp³-hybridized carbons (Fsp3) is 0.200. The topological polar surface area (TPSA) is 217 Å². The van der Waals surface area contributed by atoms with Gasteiger partial charge < -0.3 is 9.52 Å². The molecule has 0 spiro atoms. The summed E-state index contributed by atoms with van der Waals surface area (Å²) in [5.41, 5.74) is 2.65. The van der Waals surface area contributed by atoms with Gasteiger partial charge in [-0.2, -0.15) is 10.2 Å². The molecule has 7 rings (SSSR count). The predicted molar refractivity (Wildman–Crippen MR) is 227 cm³/mol. The van der Waals surface area contributed by atoms with Crippen LogP contribution in [0.3, 0.4) is 0 Å². The van der Waals surface area contributed by atoms with Gasteiger partial charge in [0.1, 0.15) is 6.26 Å². The van der Waals surface area contributed by atoms with Crippen molar-refractivity contribution in [2.45, 2.75) is 62.2 Å². The number of pyridine rings is 2. The van der Waals surface area contributed by atoms with Gasteiger partial charge in [0.25, 0.3) is 20.0 Å². The molecule has 0 aliphatic heterocycles. The van der Waals surface area contributed by atoms with Gasteiger partial charge in [-0.15, -0.1) is 0 Å². The number of carboxylic acids is 1. The number of carbonyl (C=O) groups is 1. The number of anilines is 2. The second-order valence-electron chi connectivity index (χ2n) is 15.3. The molecule has 3 N–H and O–H groups in total. The molecule has 5 aromatic heterocycles. The second kappa shape index (κ2) is 16.9. The van der Waals surface area contributed by atoms with Gasteiger partial charge in [-0.25, -0.2) is 45.9 Å². The number of aromatic nitrogens is 7. The summed E-state index contributed by atoms with van der Waals surface area (Å²) in [6.45, 7) is 12.3. The number of hydrogen-bond donors (Lipinski definition) is 3. The molecule has 0 aliphatic carbocycles.